The van der Waals surface area contributed by atoms with Gasteiger partial charge in [-0.1, -0.05) is 54.1 Å². The van der Waals surface area contributed by atoms with Crippen molar-refractivity contribution in [1.29, 1.82) is 0 Å². The number of nitrogens with zero attached hydrogens (tertiary/aromatic N) is 2. The maximum absolute atomic E-state index is 6.02. The predicted molar refractivity (Wildman–Crippen MR) is 99.6 cm³/mol. The van der Waals surface area contributed by atoms with Gasteiger partial charge < -0.3 is 11.1 Å². The lowest BCUT2D eigenvalue weighted by molar-refractivity contribution is 1.12. The van der Waals surface area contributed by atoms with E-state index in [1.54, 1.807) is 6.20 Å². The van der Waals surface area contributed by atoms with E-state index in [4.69, 9.17) is 5.73 Å². The molecule has 4 nitrogen and oxygen atoms in total. The minimum Gasteiger partial charge on any atom is -0.369 e. The number of pyridine rings is 1. The van der Waals surface area contributed by atoms with Crippen LogP contribution in [0.15, 0.2) is 77.9 Å². The van der Waals surface area contributed by atoms with Crippen LogP contribution in [0.1, 0.15) is 16.7 Å². The molecule has 0 bridgehead atoms. The smallest absolute Gasteiger partial charge is 0.199 e. The van der Waals surface area contributed by atoms with Crippen LogP contribution in [0.3, 0.4) is 0 Å². The zero-order chi connectivity index (χ0) is 16.8. The van der Waals surface area contributed by atoms with Crippen LogP contribution < -0.4 is 11.1 Å². The van der Waals surface area contributed by atoms with Gasteiger partial charge in [0.15, 0.2) is 11.8 Å². The van der Waals surface area contributed by atoms with Crippen molar-refractivity contribution in [3.63, 3.8) is 0 Å². The fourth-order valence-electron chi connectivity index (χ4n) is 2.41. The number of rotatable bonds is 4. The molecular weight excluding hydrogens is 296 g/mol. The molecule has 0 spiro atoms. The average molecular weight is 316 g/mol. The number of hydrogen-bond donors (Lipinski definition) is 2. The summed E-state index contributed by atoms with van der Waals surface area (Å²) in [5.74, 6) is 0.962. The Kier molecular flexibility index (Phi) is 4.87. The Morgan fingerprint density at radius 2 is 1.75 bits per heavy atom. The zero-order valence-corrected chi connectivity index (χ0v) is 13.6. The van der Waals surface area contributed by atoms with Gasteiger partial charge in [-0.25, -0.2) is 4.98 Å². The SMILES string of the molecule is Cc1ccc(Cc2cccnc2N=C(N)Nc2ccccc2)cc1. The minimum absolute atomic E-state index is 0.324. The summed E-state index contributed by atoms with van der Waals surface area (Å²) in [7, 11) is 0. The second kappa shape index (κ2) is 7.42. The number of para-hydroxylation sites is 1. The van der Waals surface area contributed by atoms with Crippen molar-refractivity contribution in [2.45, 2.75) is 13.3 Å². The quantitative estimate of drug-likeness (QED) is 0.564. The van der Waals surface area contributed by atoms with Gasteiger partial charge in [0.1, 0.15) is 0 Å². The fourth-order valence-corrected chi connectivity index (χ4v) is 2.41. The van der Waals surface area contributed by atoms with Crippen LogP contribution in [0.2, 0.25) is 0 Å². The third kappa shape index (κ3) is 4.20. The maximum atomic E-state index is 6.02. The van der Waals surface area contributed by atoms with Crippen molar-refractivity contribution in [3.8, 4) is 0 Å². The fraction of sp³-hybridized carbons (Fsp3) is 0.100. The van der Waals surface area contributed by atoms with Crippen LogP contribution in [0.4, 0.5) is 11.5 Å². The molecule has 3 N–H and O–H groups in total. The Morgan fingerprint density at radius 3 is 2.50 bits per heavy atom. The lowest BCUT2D eigenvalue weighted by atomic mass is 10.0. The number of aliphatic imine (C=N–C) groups is 1. The van der Waals surface area contributed by atoms with Crippen molar-refractivity contribution in [2.75, 3.05) is 5.32 Å². The van der Waals surface area contributed by atoms with E-state index >= 15 is 0 Å². The summed E-state index contributed by atoms with van der Waals surface area (Å²) in [5, 5.41) is 3.08. The van der Waals surface area contributed by atoms with Gasteiger partial charge in [0, 0.05) is 23.9 Å². The second-order valence-electron chi connectivity index (χ2n) is 5.64. The highest BCUT2D eigenvalue weighted by Crippen LogP contribution is 2.20. The van der Waals surface area contributed by atoms with E-state index in [0.29, 0.717) is 11.8 Å². The summed E-state index contributed by atoms with van der Waals surface area (Å²) in [4.78, 5) is 8.81. The van der Waals surface area contributed by atoms with E-state index in [2.05, 4.69) is 46.5 Å². The molecule has 0 saturated heterocycles. The van der Waals surface area contributed by atoms with Crippen molar-refractivity contribution in [3.05, 3.63) is 89.6 Å². The third-order valence-corrected chi connectivity index (χ3v) is 3.66. The first-order chi connectivity index (χ1) is 11.7. The summed E-state index contributed by atoms with van der Waals surface area (Å²) in [6.07, 6.45) is 2.50. The molecule has 2 aromatic carbocycles. The molecule has 0 radical (unpaired) electrons. The molecule has 0 atom stereocenters. The Balaban J connectivity index is 1.80. The molecule has 3 rings (SSSR count). The molecule has 4 heteroatoms. The van der Waals surface area contributed by atoms with Gasteiger partial charge in [-0.2, -0.15) is 4.99 Å². The molecule has 0 saturated carbocycles. The standard InChI is InChI=1S/C20H20N4/c1-15-9-11-16(12-10-15)14-17-6-5-13-22-19(17)24-20(21)23-18-7-3-2-4-8-18/h2-13H,14H2,1H3,(H3,21,22,23,24). The van der Waals surface area contributed by atoms with Crippen molar-refractivity contribution < 1.29 is 0 Å². The molecule has 1 heterocycles. The van der Waals surface area contributed by atoms with Crippen LogP contribution >= 0.6 is 0 Å². The number of nitrogens with one attached hydrogen (secondary N) is 1. The molecule has 0 aliphatic rings. The van der Waals surface area contributed by atoms with Gasteiger partial charge in [0.2, 0.25) is 0 Å². The van der Waals surface area contributed by atoms with E-state index in [1.165, 1.54) is 11.1 Å². The highest BCUT2D eigenvalue weighted by atomic mass is 15.1. The molecule has 0 unspecified atom stereocenters. The minimum atomic E-state index is 0.324. The van der Waals surface area contributed by atoms with Crippen molar-refractivity contribution in [2.24, 2.45) is 10.7 Å². The molecule has 0 fully saturated rings. The first kappa shape index (κ1) is 15.7. The summed E-state index contributed by atoms with van der Waals surface area (Å²) < 4.78 is 0. The number of aromatic nitrogens is 1. The van der Waals surface area contributed by atoms with Gasteiger partial charge >= 0.3 is 0 Å². The first-order valence-electron chi connectivity index (χ1n) is 7.86. The van der Waals surface area contributed by atoms with Gasteiger partial charge in [-0.05, 0) is 30.7 Å². The summed E-state index contributed by atoms with van der Waals surface area (Å²) in [5.41, 5.74) is 10.4. The Labute approximate surface area is 142 Å². The zero-order valence-electron chi connectivity index (χ0n) is 13.6. The average Bonchev–Trinajstić information content (AvgIpc) is 2.59. The van der Waals surface area contributed by atoms with Crippen molar-refractivity contribution >= 4 is 17.5 Å². The second-order valence-corrected chi connectivity index (χ2v) is 5.64. The first-order valence-corrected chi connectivity index (χ1v) is 7.86. The van der Waals surface area contributed by atoms with E-state index in [9.17, 15) is 0 Å². The molecule has 24 heavy (non-hydrogen) atoms. The van der Waals surface area contributed by atoms with Gasteiger partial charge in [-0.15, -0.1) is 0 Å². The molecule has 0 amide bonds. The predicted octanol–water partition coefficient (Wildman–Crippen LogP) is 4.04. The largest absolute Gasteiger partial charge is 0.369 e. The monoisotopic (exact) mass is 316 g/mol. The molecule has 0 aliphatic carbocycles. The highest BCUT2D eigenvalue weighted by molar-refractivity contribution is 5.93. The number of guanidine groups is 1. The molecule has 0 aliphatic heterocycles. The topological polar surface area (TPSA) is 63.3 Å². The number of aryl methyl sites for hydroxylation is 1. The molecular formula is C20H20N4. The number of nitrogens with two attached hydrogens (primary N) is 1. The highest BCUT2D eigenvalue weighted by Gasteiger charge is 2.05. The van der Waals surface area contributed by atoms with Crippen LogP contribution in [0.25, 0.3) is 0 Å². The van der Waals surface area contributed by atoms with Crippen LogP contribution in [0.5, 0.6) is 0 Å². The van der Waals surface area contributed by atoms with Gasteiger partial charge in [0.25, 0.3) is 0 Å². The maximum Gasteiger partial charge on any atom is 0.199 e. The van der Waals surface area contributed by atoms with Crippen molar-refractivity contribution in [1.82, 2.24) is 4.98 Å². The summed E-state index contributed by atoms with van der Waals surface area (Å²) in [6.45, 7) is 2.08. The lowest BCUT2D eigenvalue weighted by Crippen LogP contribution is -2.22. The normalized spacial score (nSPS) is 11.3. The lowest BCUT2D eigenvalue weighted by Gasteiger charge is -2.08. The number of hydrogen-bond acceptors (Lipinski definition) is 2. The van der Waals surface area contributed by atoms with E-state index < -0.39 is 0 Å². The van der Waals surface area contributed by atoms with Gasteiger partial charge in [0.05, 0.1) is 0 Å². The third-order valence-electron chi connectivity index (χ3n) is 3.66. The van der Waals surface area contributed by atoms with Crippen LogP contribution in [-0.2, 0) is 6.42 Å². The van der Waals surface area contributed by atoms with Gasteiger partial charge in [-0.3, -0.25) is 0 Å². The van der Waals surface area contributed by atoms with E-state index in [1.807, 2.05) is 42.5 Å². The van der Waals surface area contributed by atoms with E-state index in [-0.39, 0.29) is 0 Å². The molecule has 120 valence electrons. The summed E-state index contributed by atoms with van der Waals surface area (Å²) in [6, 6.07) is 22.1. The number of anilines is 1. The number of benzene rings is 2. The van der Waals surface area contributed by atoms with Crippen LogP contribution in [0, 0.1) is 6.92 Å². The van der Waals surface area contributed by atoms with E-state index in [0.717, 1.165) is 17.7 Å². The Hall–Kier alpha value is -3.14. The molecule has 3 aromatic rings. The Morgan fingerprint density at radius 1 is 1.00 bits per heavy atom. The molecule has 1 aromatic heterocycles. The summed E-state index contributed by atoms with van der Waals surface area (Å²) >= 11 is 0. The van der Waals surface area contributed by atoms with Crippen LogP contribution in [-0.4, -0.2) is 10.9 Å². The Bertz CT molecular complexity index is 824.